The van der Waals surface area contributed by atoms with Crippen LogP contribution in [-0.4, -0.2) is 67.0 Å². The second-order valence-corrected chi connectivity index (χ2v) is 8.98. The number of hydrogen-bond donors (Lipinski definition) is 0. The second-order valence-electron chi connectivity index (χ2n) is 8.55. The van der Waals surface area contributed by atoms with Crippen LogP contribution in [-0.2, 0) is 22.3 Å². The van der Waals surface area contributed by atoms with Crippen molar-refractivity contribution < 1.29 is 14.3 Å². The molecule has 1 amide bonds. The SMILES string of the molecule is O=C(OCN1CCOCC1)N1CCC(=C2c3ccc(Cl)cc3CCc3cccnc32)CC1. The van der Waals surface area contributed by atoms with E-state index in [2.05, 4.69) is 23.1 Å². The first-order valence-corrected chi connectivity index (χ1v) is 11.7. The van der Waals surface area contributed by atoms with Crippen molar-refractivity contribution in [2.45, 2.75) is 25.7 Å². The summed E-state index contributed by atoms with van der Waals surface area (Å²) in [5, 5.41) is 0.768. The van der Waals surface area contributed by atoms with Crippen LogP contribution in [0.25, 0.3) is 5.57 Å². The first-order valence-electron chi connectivity index (χ1n) is 11.4. The molecule has 32 heavy (non-hydrogen) atoms. The van der Waals surface area contributed by atoms with Crippen LogP contribution in [0.2, 0.25) is 5.02 Å². The van der Waals surface area contributed by atoms with Gasteiger partial charge in [0.15, 0.2) is 0 Å². The number of rotatable bonds is 2. The zero-order valence-electron chi connectivity index (χ0n) is 18.2. The number of piperidine rings is 1. The number of aromatic nitrogens is 1. The summed E-state index contributed by atoms with van der Waals surface area (Å²) in [6.45, 7) is 4.65. The van der Waals surface area contributed by atoms with Crippen molar-refractivity contribution >= 4 is 23.3 Å². The molecule has 0 spiro atoms. The second kappa shape index (κ2) is 9.61. The van der Waals surface area contributed by atoms with E-state index in [1.807, 2.05) is 23.2 Å². The Hall–Kier alpha value is -2.41. The summed E-state index contributed by atoms with van der Waals surface area (Å²) in [5.74, 6) is 0. The number of morpholine rings is 1. The third-order valence-corrected chi connectivity index (χ3v) is 6.82. The highest BCUT2D eigenvalue weighted by molar-refractivity contribution is 6.30. The van der Waals surface area contributed by atoms with Crippen LogP contribution in [0.4, 0.5) is 4.79 Å². The minimum Gasteiger partial charge on any atom is -0.433 e. The van der Waals surface area contributed by atoms with E-state index >= 15 is 0 Å². The number of carbonyl (C=O) groups excluding carboxylic acids is 1. The first kappa shape index (κ1) is 21.4. The Labute approximate surface area is 193 Å². The third kappa shape index (κ3) is 4.53. The van der Waals surface area contributed by atoms with E-state index in [0.717, 1.165) is 49.5 Å². The van der Waals surface area contributed by atoms with Gasteiger partial charge in [-0.3, -0.25) is 9.88 Å². The van der Waals surface area contributed by atoms with E-state index in [1.54, 1.807) is 0 Å². The predicted molar refractivity (Wildman–Crippen MR) is 124 cm³/mol. The van der Waals surface area contributed by atoms with Crippen LogP contribution < -0.4 is 0 Å². The fraction of sp³-hybridized carbons (Fsp3) is 0.440. The van der Waals surface area contributed by atoms with Crippen LogP contribution in [0.15, 0.2) is 42.1 Å². The molecule has 0 radical (unpaired) electrons. The Morgan fingerprint density at radius 2 is 1.81 bits per heavy atom. The monoisotopic (exact) mass is 453 g/mol. The summed E-state index contributed by atoms with van der Waals surface area (Å²) in [6, 6.07) is 10.4. The van der Waals surface area contributed by atoms with Crippen molar-refractivity contribution in [1.82, 2.24) is 14.8 Å². The molecule has 0 N–H and O–H groups in total. The van der Waals surface area contributed by atoms with Gasteiger partial charge in [0.25, 0.3) is 0 Å². The molecule has 1 aromatic heterocycles. The Morgan fingerprint density at radius 1 is 1.03 bits per heavy atom. The molecule has 5 rings (SSSR count). The molecular weight excluding hydrogens is 426 g/mol. The molecule has 2 fully saturated rings. The van der Waals surface area contributed by atoms with E-state index in [4.69, 9.17) is 26.1 Å². The van der Waals surface area contributed by atoms with Gasteiger partial charge in [0.1, 0.15) is 6.73 Å². The molecule has 2 aliphatic heterocycles. The Balaban J connectivity index is 1.35. The van der Waals surface area contributed by atoms with Crippen molar-refractivity contribution in [3.8, 4) is 0 Å². The molecule has 0 atom stereocenters. The molecule has 0 unspecified atom stereocenters. The largest absolute Gasteiger partial charge is 0.433 e. The zero-order chi connectivity index (χ0) is 21.9. The third-order valence-electron chi connectivity index (χ3n) is 6.58. The fourth-order valence-electron chi connectivity index (χ4n) is 4.81. The number of nitrogens with zero attached hydrogens (tertiary/aromatic N) is 3. The Kier molecular flexibility index (Phi) is 6.44. The van der Waals surface area contributed by atoms with E-state index in [1.165, 1.54) is 27.8 Å². The molecular formula is C25H28ClN3O3. The van der Waals surface area contributed by atoms with Gasteiger partial charge in [-0.15, -0.1) is 0 Å². The molecule has 1 aromatic carbocycles. The number of likely N-dealkylation sites (tertiary alicyclic amines) is 1. The summed E-state index contributed by atoms with van der Waals surface area (Å²) in [7, 11) is 0. The van der Waals surface area contributed by atoms with Crippen molar-refractivity contribution in [2.24, 2.45) is 0 Å². The maximum Gasteiger partial charge on any atom is 0.411 e. The smallest absolute Gasteiger partial charge is 0.411 e. The van der Waals surface area contributed by atoms with E-state index in [9.17, 15) is 4.79 Å². The fourth-order valence-corrected chi connectivity index (χ4v) is 5.01. The van der Waals surface area contributed by atoms with Gasteiger partial charge in [-0.2, -0.15) is 0 Å². The lowest BCUT2D eigenvalue weighted by molar-refractivity contribution is -0.0178. The maximum atomic E-state index is 12.6. The van der Waals surface area contributed by atoms with Gasteiger partial charge in [-0.1, -0.05) is 29.3 Å². The van der Waals surface area contributed by atoms with Crippen LogP contribution in [0, 0.1) is 0 Å². The summed E-state index contributed by atoms with van der Waals surface area (Å²) < 4.78 is 10.9. The summed E-state index contributed by atoms with van der Waals surface area (Å²) >= 11 is 6.31. The standard InChI is InChI=1S/C25H28ClN3O3/c26-21-5-6-22-20(16-21)4-3-19-2-1-9-27-24(19)23(22)18-7-10-29(11-8-18)25(30)32-17-28-12-14-31-15-13-28/h1-2,5-6,9,16H,3-4,7-8,10-15,17H2. The maximum absolute atomic E-state index is 12.6. The molecule has 168 valence electrons. The summed E-state index contributed by atoms with van der Waals surface area (Å²) in [4.78, 5) is 21.3. The van der Waals surface area contributed by atoms with Gasteiger partial charge >= 0.3 is 6.09 Å². The number of carbonyl (C=O) groups is 1. The quantitative estimate of drug-likeness (QED) is 0.683. The molecule has 3 heterocycles. The lowest BCUT2D eigenvalue weighted by atomic mass is 9.88. The van der Waals surface area contributed by atoms with E-state index in [-0.39, 0.29) is 6.09 Å². The predicted octanol–water partition coefficient (Wildman–Crippen LogP) is 4.16. The van der Waals surface area contributed by atoms with Gasteiger partial charge < -0.3 is 14.4 Å². The van der Waals surface area contributed by atoms with Crippen molar-refractivity contribution in [3.63, 3.8) is 0 Å². The highest BCUT2D eigenvalue weighted by Crippen LogP contribution is 2.38. The highest BCUT2D eigenvalue weighted by atomic mass is 35.5. The summed E-state index contributed by atoms with van der Waals surface area (Å²) in [5.41, 5.74) is 7.43. The van der Waals surface area contributed by atoms with Gasteiger partial charge in [-0.25, -0.2) is 4.79 Å². The van der Waals surface area contributed by atoms with Crippen molar-refractivity contribution in [3.05, 3.63) is 69.5 Å². The van der Waals surface area contributed by atoms with Gasteiger partial charge in [0.2, 0.25) is 0 Å². The highest BCUT2D eigenvalue weighted by Gasteiger charge is 2.27. The molecule has 0 bridgehead atoms. The minimum absolute atomic E-state index is 0.230. The molecule has 6 nitrogen and oxygen atoms in total. The van der Waals surface area contributed by atoms with Crippen LogP contribution in [0.5, 0.6) is 0 Å². The number of amides is 1. The molecule has 1 aliphatic carbocycles. The Bertz CT molecular complexity index is 1020. The molecule has 7 heteroatoms. The lowest BCUT2D eigenvalue weighted by Gasteiger charge is -2.31. The van der Waals surface area contributed by atoms with Crippen molar-refractivity contribution in [2.75, 3.05) is 46.1 Å². The summed E-state index contributed by atoms with van der Waals surface area (Å²) in [6.07, 6.45) is 5.18. The average Bonchev–Trinajstić information content (AvgIpc) is 3.00. The molecule has 2 aromatic rings. The lowest BCUT2D eigenvalue weighted by Crippen LogP contribution is -2.42. The molecule has 3 aliphatic rings. The number of ether oxygens (including phenoxy) is 2. The number of hydrogen-bond acceptors (Lipinski definition) is 5. The van der Waals surface area contributed by atoms with Crippen LogP contribution in [0.1, 0.15) is 35.2 Å². The first-order chi connectivity index (χ1) is 15.7. The molecule has 2 saturated heterocycles. The van der Waals surface area contributed by atoms with Crippen LogP contribution >= 0.6 is 11.6 Å². The number of benzene rings is 1. The van der Waals surface area contributed by atoms with Crippen LogP contribution in [0.3, 0.4) is 0 Å². The number of halogens is 1. The number of pyridine rings is 1. The van der Waals surface area contributed by atoms with E-state index in [0.29, 0.717) is 33.0 Å². The van der Waals surface area contributed by atoms with Gasteiger partial charge in [-0.05, 0) is 60.6 Å². The average molecular weight is 454 g/mol. The van der Waals surface area contributed by atoms with Gasteiger partial charge in [0.05, 0.1) is 18.9 Å². The normalized spacial score (nSPS) is 19.2. The number of aryl methyl sites for hydroxylation is 2. The molecule has 0 saturated carbocycles. The zero-order valence-corrected chi connectivity index (χ0v) is 18.9. The minimum atomic E-state index is -0.230. The van der Waals surface area contributed by atoms with Gasteiger partial charge in [0, 0.05) is 43.0 Å². The Morgan fingerprint density at radius 3 is 2.62 bits per heavy atom. The number of fused-ring (bicyclic) bond motifs is 2. The topological polar surface area (TPSA) is 54.9 Å². The van der Waals surface area contributed by atoms with E-state index < -0.39 is 0 Å². The van der Waals surface area contributed by atoms with Crippen molar-refractivity contribution in [1.29, 1.82) is 0 Å².